The van der Waals surface area contributed by atoms with Crippen molar-refractivity contribution in [2.45, 2.75) is 19.8 Å². The lowest BCUT2D eigenvalue weighted by Crippen LogP contribution is -2.25. The lowest BCUT2D eigenvalue weighted by Gasteiger charge is -2.12. The Kier molecular flexibility index (Phi) is 4.90. The van der Waals surface area contributed by atoms with E-state index in [4.69, 9.17) is 17.3 Å². The van der Waals surface area contributed by atoms with Crippen molar-refractivity contribution in [1.82, 2.24) is 0 Å². The molecule has 0 saturated carbocycles. The third kappa shape index (κ3) is 3.29. The molecule has 0 aliphatic rings. The minimum atomic E-state index is -0.459. The number of halogens is 2. The van der Waals surface area contributed by atoms with E-state index < -0.39 is 5.82 Å². The first-order valence-corrected chi connectivity index (χ1v) is 5.63. The highest BCUT2D eigenvalue weighted by Gasteiger charge is 2.15. The molecule has 0 aromatic heterocycles. The van der Waals surface area contributed by atoms with E-state index in [2.05, 4.69) is 0 Å². The zero-order chi connectivity index (χ0) is 12.1. The van der Waals surface area contributed by atoms with Gasteiger partial charge in [0.15, 0.2) is 0 Å². The van der Waals surface area contributed by atoms with Crippen LogP contribution in [0.25, 0.3) is 0 Å². The number of Topliss-reactive ketones (excluding diaryl/α,β-unsaturated/α-hetero) is 1. The summed E-state index contributed by atoms with van der Waals surface area (Å²) < 4.78 is 13.2. The predicted molar refractivity (Wildman–Crippen MR) is 63.0 cm³/mol. The van der Waals surface area contributed by atoms with Crippen molar-refractivity contribution in [2.75, 3.05) is 6.54 Å². The molecule has 0 spiro atoms. The maximum atomic E-state index is 13.2. The summed E-state index contributed by atoms with van der Waals surface area (Å²) in [6, 6.07) is 4.57. The molecule has 0 bridgehead atoms. The molecule has 1 atom stereocenters. The summed E-state index contributed by atoms with van der Waals surface area (Å²) in [6.45, 7) is 2.09. The Labute approximate surface area is 99.6 Å². The van der Waals surface area contributed by atoms with Gasteiger partial charge in [0.05, 0.1) is 5.02 Å². The average Bonchev–Trinajstić information content (AvgIpc) is 2.29. The van der Waals surface area contributed by atoms with Crippen molar-refractivity contribution < 1.29 is 9.18 Å². The molecule has 2 nitrogen and oxygen atoms in total. The maximum Gasteiger partial charge on any atom is 0.142 e. The molecule has 1 rings (SSSR count). The van der Waals surface area contributed by atoms with Crippen LogP contribution in [0.3, 0.4) is 0 Å². The first kappa shape index (κ1) is 13.1. The summed E-state index contributed by atoms with van der Waals surface area (Å²) >= 11 is 5.57. The number of nitrogens with two attached hydrogens (primary N) is 1. The molecule has 2 N–H and O–H groups in total. The number of carbonyl (C=O) groups excluding carboxylic acids is 1. The van der Waals surface area contributed by atoms with Crippen LogP contribution in [0.15, 0.2) is 18.2 Å². The summed E-state index contributed by atoms with van der Waals surface area (Å²) in [7, 11) is 0. The summed E-state index contributed by atoms with van der Waals surface area (Å²) in [5, 5.41) is 0.0925. The smallest absolute Gasteiger partial charge is 0.142 e. The van der Waals surface area contributed by atoms with Gasteiger partial charge in [-0.1, -0.05) is 24.6 Å². The van der Waals surface area contributed by atoms with Gasteiger partial charge in [-0.3, -0.25) is 4.79 Å². The summed E-state index contributed by atoms with van der Waals surface area (Å²) in [4.78, 5) is 11.5. The van der Waals surface area contributed by atoms with Crippen LogP contribution in [0.1, 0.15) is 18.9 Å². The van der Waals surface area contributed by atoms with Gasteiger partial charge in [-0.05, 0) is 24.1 Å². The molecule has 4 heteroatoms. The quantitative estimate of drug-likeness (QED) is 0.864. The predicted octanol–water partition coefficient (Wildman–Crippen LogP) is 2.58. The monoisotopic (exact) mass is 243 g/mol. The molecule has 0 aliphatic carbocycles. The van der Waals surface area contributed by atoms with E-state index in [1.165, 1.54) is 12.1 Å². The van der Waals surface area contributed by atoms with Gasteiger partial charge in [0.2, 0.25) is 0 Å². The SMILES string of the molecule is CCC(=O)C(CN)Cc1ccc(Cl)c(F)c1. The molecule has 1 unspecified atom stereocenters. The van der Waals surface area contributed by atoms with Gasteiger partial charge in [0, 0.05) is 18.9 Å². The van der Waals surface area contributed by atoms with E-state index in [-0.39, 0.29) is 23.3 Å². The van der Waals surface area contributed by atoms with Gasteiger partial charge in [-0.15, -0.1) is 0 Å². The lowest BCUT2D eigenvalue weighted by atomic mass is 9.94. The highest BCUT2D eigenvalue weighted by Crippen LogP contribution is 2.18. The third-order valence-electron chi connectivity index (χ3n) is 2.55. The highest BCUT2D eigenvalue weighted by molar-refractivity contribution is 6.30. The fourth-order valence-electron chi connectivity index (χ4n) is 1.57. The van der Waals surface area contributed by atoms with Crippen LogP contribution >= 0.6 is 11.6 Å². The topological polar surface area (TPSA) is 43.1 Å². The Hall–Kier alpha value is -0.930. The molecule has 0 heterocycles. The minimum absolute atomic E-state index is 0.0925. The van der Waals surface area contributed by atoms with Crippen molar-refractivity contribution in [2.24, 2.45) is 11.7 Å². The number of benzene rings is 1. The zero-order valence-electron chi connectivity index (χ0n) is 9.17. The van der Waals surface area contributed by atoms with Crippen molar-refractivity contribution in [3.63, 3.8) is 0 Å². The minimum Gasteiger partial charge on any atom is -0.330 e. The van der Waals surface area contributed by atoms with E-state index in [9.17, 15) is 9.18 Å². The van der Waals surface area contributed by atoms with Gasteiger partial charge >= 0.3 is 0 Å². The van der Waals surface area contributed by atoms with Crippen molar-refractivity contribution in [3.05, 3.63) is 34.6 Å². The average molecular weight is 244 g/mol. The van der Waals surface area contributed by atoms with E-state index in [1.807, 2.05) is 0 Å². The standard InChI is InChI=1S/C12H15ClFNO/c1-2-12(16)9(7-15)5-8-3-4-10(13)11(14)6-8/h3-4,6,9H,2,5,7,15H2,1H3. The van der Waals surface area contributed by atoms with Crippen molar-refractivity contribution in [1.29, 1.82) is 0 Å². The molecule has 0 radical (unpaired) electrons. The molecule has 1 aromatic rings. The second kappa shape index (κ2) is 5.97. The molecule has 16 heavy (non-hydrogen) atoms. The normalized spacial score (nSPS) is 12.5. The Morgan fingerprint density at radius 3 is 2.75 bits per heavy atom. The zero-order valence-corrected chi connectivity index (χ0v) is 9.93. The summed E-state index contributed by atoms with van der Waals surface area (Å²) in [5.74, 6) is -0.581. The fraction of sp³-hybridized carbons (Fsp3) is 0.417. The van der Waals surface area contributed by atoms with Crippen molar-refractivity contribution in [3.8, 4) is 0 Å². The lowest BCUT2D eigenvalue weighted by molar-refractivity contribution is -0.122. The summed E-state index contributed by atoms with van der Waals surface area (Å²) in [6.07, 6.45) is 0.926. The largest absolute Gasteiger partial charge is 0.330 e. The van der Waals surface area contributed by atoms with Gasteiger partial charge in [0.1, 0.15) is 11.6 Å². The molecule has 0 fully saturated rings. The first-order chi connectivity index (χ1) is 7.58. The van der Waals surface area contributed by atoms with Crippen LogP contribution in [-0.2, 0) is 11.2 Å². The highest BCUT2D eigenvalue weighted by atomic mass is 35.5. The van der Waals surface area contributed by atoms with Gasteiger partial charge in [0.25, 0.3) is 0 Å². The fourth-order valence-corrected chi connectivity index (χ4v) is 1.69. The van der Waals surface area contributed by atoms with Crippen LogP contribution in [0, 0.1) is 11.7 Å². The Bertz CT molecular complexity index is 381. The van der Waals surface area contributed by atoms with Crippen LogP contribution < -0.4 is 5.73 Å². The molecule has 0 amide bonds. The van der Waals surface area contributed by atoms with Crippen LogP contribution in [0.4, 0.5) is 4.39 Å². The first-order valence-electron chi connectivity index (χ1n) is 5.25. The summed E-state index contributed by atoms with van der Waals surface area (Å²) in [5.41, 5.74) is 6.27. The van der Waals surface area contributed by atoms with E-state index in [0.29, 0.717) is 12.8 Å². The van der Waals surface area contributed by atoms with E-state index >= 15 is 0 Å². The van der Waals surface area contributed by atoms with Gasteiger partial charge in [-0.2, -0.15) is 0 Å². The van der Waals surface area contributed by atoms with Gasteiger partial charge < -0.3 is 5.73 Å². The molecule has 0 aliphatic heterocycles. The number of ketones is 1. The number of carbonyl (C=O) groups is 1. The Morgan fingerprint density at radius 2 is 2.25 bits per heavy atom. The number of rotatable bonds is 5. The van der Waals surface area contributed by atoms with Crippen LogP contribution in [0.5, 0.6) is 0 Å². The van der Waals surface area contributed by atoms with Crippen LogP contribution in [0.2, 0.25) is 5.02 Å². The maximum absolute atomic E-state index is 13.2. The Morgan fingerprint density at radius 1 is 1.56 bits per heavy atom. The Balaban J connectivity index is 2.78. The second-order valence-electron chi connectivity index (χ2n) is 3.71. The second-order valence-corrected chi connectivity index (χ2v) is 4.11. The molecule has 1 aromatic carbocycles. The third-order valence-corrected chi connectivity index (χ3v) is 2.86. The molecular formula is C12H15ClFNO. The molecular weight excluding hydrogens is 229 g/mol. The molecule has 88 valence electrons. The number of hydrogen-bond acceptors (Lipinski definition) is 2. The number of hydrogen-bond donors (Lipinski definition) is 1. The van der Waals surface area contributed by atoms with Gasteiger partial charge in [-0.25, -0.2) is 4.39 Å². The van der Waals surface area contributed by atoms with E-state index in [0.717, 1.165) is 5.56 Å². The van der Waals surface area contributed by atoms with Crippen LogP contribution in [-0.4, -0.2) is 12.3 Å². The van der Waals surface area contributed by atoms with Crippen molar-refractivity contribution >= 4 is 17.4 Å². The molecule has 0 saturated heterocycles. The van der Waals surface area contributed by atoms with E-state index in [1.54, 1.807) is 13.0 Å².